The van der Waals surface area contributed by atoms with Crippen LogP contribution in [0.4, 0.5) is 0 Å². The van der Waals surface area contributed by atoms with E-state index in [0.717, 1.165) is 22.6 Å². The molecule has 0 unspecified atom stereocenters. The first-order chi connectivity index (χ1) is 12.9. The molecule has 0 saturated heterocycles. The van der Waals surface area contributed by atoms with Crippen molar-refractivity contribution < 1.29 is 14.1 Å². The molecular weight excluding hydrogens is 364 g/mol. The first kappa shape index (κ1) is 19.0. The largest absolute Gasteiger partial charge is 0.489 e. The Balaban J connectivity index is 1.67. The molecule has 0 aliphatic carbocycles. The average Bonchev–Trinajstić information content (AvgIpc) is 2.97. The lowest BCUT2D eigenvalue weighted by Crippen LogP contribution is -2.26. The Morgan fingerprint density at radius 2 is 1.96 bits per heavy atom. The number of carbonyl (C=O) groups excluding carboxylic acids is 1. The second kappa shape index (κ2) is 8.27. The quantitative estimate of drug-likeness (QED) is 0.612. The van der Waals surface area contributed by atoms with E-state index >= 15 is 0 Å². The minimum Gasteiger partial charge on any atom is -0.489 e. The van der Waals surface area contributed by atoms with Gasteiger partial charge in [0.2, 0.25) is 0 Å². The van der Waals surface area contributed by atoms with Crippen molar-refractivity contribution in [2.75, 3.05) is 7.05 Å². The molecule has 2 aromatic carbocycles. The highest BCUT2D eigenvalue weighted by molar-refractivity contribution is 6.30. The molecule has 1 heterocycles. The van der Waals surface area contributed by atoms with Crippen molar-refractivity contribution in [1.29, 1.82) is 0 Å². The molecule has 0 saturated carbocycles. The molecule has 5 nitrogen and oxygen atoms in total. The molecule has 3 rings (SSSR count). The molecular formula is C21H21ClN2O3. The molecule has 0 aliphatic rings. The van der Waals surface area contributed by atoms with Crippen LogP contribution >= 0.6 is 11.6 Å². The summed E-state index contributed by atoms with van der Waals surface area (Å²) in [5.41, 5.74) is 3.27. The Morgan fingerprint density at radius 1 is 1.19 bits per heavy atom. The summed E-state index contributed by atoms with van der Waals surface area (Å²) in [6, 6.07) is 14.6. The lowest BCUT2D eigenvalue weighted by molar-refractivity contribution is 0.0784. The normalized spacial score (nSPS) is 10.7. The number of amides is 1. The molecule has 3 aromatic rings. The van der Waals surface area contributed by atoms with Gasteiger partial charge >= 0.3 is 0 Å². The van der Waals surface area contributed by atoms with E-state index in [9.17, 15) is 4.79 Å². The van der Waals surface area contributed by atoms with Crippen molar-refractivity contribution in [3.05, 3.63) is 81.7 Å². The van der Waals surface area contributed by atoms with Gasteiger partial charge in [0, 0.05) is 24.2 Å². The molecule has 1 amide bonds. The lowest BCUT2D eigenvalue weighted by Gasteiger charge is -2.18. The number of ether oxygens (including phenoxy) is 1. The minimum atomic E-state index is -0.0854. The van der Waals surface area contributed by atoms with Crippen LogP contribution in [0.3, 0.4) is 0 Å². The van der Waals surface area contributed by atoms with E-state index in [4.69, 9.17) is 20.9 Å². The van der Waals surface area contributed by atoms with Gasteiger partial charge in [0.1, 0.15) is 18.1 Å². The summed E-state index contributed by atoms with van der Waals surface area (Å²) >= 11 is 6.01. The number of aromatic nitrogens is 1. The Labute approximate surface area is 163 Å². The summed E-state index contributed by atoms with van der Waals surface area (Å²) < 4.78 is 11.0. The van der Waals surface area contributed by atoms with Crippen molar-refractivity contribution in [3.63, 3.8) is 0 Å². The van der Waals surface area contributed by atoms with Gasteiger partial charge in [0.05, 0.1) is 11.3 Å². The highest BCUT2D eigenvalue weighted by Gasteiger charge is 2.14. The van der Waals surface area contributed by atoms with Crippen molar-refractivity contribution in [2.45, 2.75) is 27.0 Å². The molecule has 140 valence electrons. The Hall–Kier alpha value is -2.79. The summed E-state index contributed by atoms with van der Waals surface area (Å²) in [6.07, 6.45) is 0. The summed E-state index contributed by atoms with van der Waals surface area (Å²) in [5, 5.41) is 4.57. The van der Waals surface area contributed by atoms with E-state index in [-0.39, 0.29) is 5.91 Å². The predicted octanol–water partition coefficient (Wildman–Crippen LogP) is 4.80. The van der Waals surface area contributed by atoms with Crippen LogP contribution in [0.1, 0.15) is 32.9 Å². The van der Waals surface area contributed by atoms with E-state index in [1.807, 2.05) is 50.2 Å². The van der Waals surface area contributed by atoms with E-state index in [1.165, 1.54) is 0 Å². The molecule has 0 bridgehead atoms. The molecule has 0 N–H and O–H groups in total. The Morgan fingerprint density at radius 3 is 2.67 bits per heavy atom. The predicted molar refractivity (Wildman–Crippen MR) is 104 cm³/mol. The number of hydrogen-bond acceptors (Lipinski definition) is 4. The number of hydrogen-bond donors (Lipinski definition) is 0. The molecule has 1 aromatic heterocycles. The molecule has 6 heteroatoms. The smallest absolute Gasteiger partial charge is 0.254 e. The van der Waals surface area contributed by atoms with Crippen LogP contribution < -0.4 is 4.74 Å². The van der Waals surface area contributed by atoms with Crippen molar-refractivity contribution in [2.24, 2.45) is 0 Å². The van der Waals surface area contributed by atoms with Gasteiger partial charge in [-0.2, -0.15) is 0 Å². The molecule has 0 radical (unpaired) electrons. The topological polar surface area (TPSA) is 55.6 Å². The zero-order valence-corrected chi connectivity index (χ0v) is 16.3. The summed E-state index contributed by atoms with van der Waals surface area (Å²) in [5.74, 6) is 1.27. The summed E-state index contributed by atoms with van der Waals surface area (Å²) in [4.78, 5) is 14.4. The van der Waals surface area contributed by atoms with Gasteiger partial charge < -0.3 is 14.2 Å². The zero-order valence-electron chi connectivity index (χ0n) is 15.5. The maximum Gasteiger partial charge on any atom is 0.254 e. The number of halogens is 1. The van der Waals surface area contributed by atoms with Crippen LogP contribution in [0, 0.1) is 13.8 Å². The standard InChI is InChI=1S/C21H21ClN2O3/c1-14-20(15(2)27-23-14)13-26-19-9-5-7-17(11-19)21(25)24(3)12-16-6-4-8-18(22)10-16/h4-11H,12-13H2,1-3H3. The highest BCUT2D eigenvalue weighted by atomic mass is 35.5. The minimum absolute atomic E-state index is 0.0854. The number of benzene rings is 2. The Bertz CT molecular complexity index is 933. The van der Waals surface area contributed by atoms with E-state index < -0.39 is 0 Å². The van der Waals surface area contributed by atoms with Crippen LogP contribution in [0.15, 0.2) is 53.1 Å². The zero-order chi connectivity index (χ0) is 19.4. The van der Waals surface area contributed by atoms with E-state index in [0.29, 0.717) is 29.5 Å². The van der Waals surface area contributed by atoms with Crippen LogP contribution in [-0.2, 0) is 13.2 Å². The summed E-state index contributed by atoms with van der Waals surface area (Å²) in [7, 11) is 1.76. The molecule has 0 aliphatic heterocycles. The summed E-state index contributed by atoms with van der Waals surface area (Å²) in [6.45, 7) is 4.55. The monoisotopic (exact) mass is 384 g/mol. The number of nitrogens with zero attached hydrogens (tertiary/aromatic N) is 2. The molecule has 0 spiro atoms. The van der Waals surface area contributed by atoms with Crippen LogP contribution in [0.25, 0.3) is 0 Å². The van der Waals surface area contributed by atoms with Gasteiger partial charge in [-0.1, -0.05) is 35.0 Å². The third-order valence-corrected chi connectivity index (χ3v) is 4.54. The van der Waals surface area contributed by atoms with Crippen LogP contribution in [0.5, 0.6) is 5.75 Å². The lowest BCUT2D eigenvalue weighted by atomic mass is 10.1. The van der Waals surface area contributed by atoms with Crippen molar-refractivity contribution in [3.8, 4) is 5.75 Å². The fourth-order valence-electron chi connectivity index (χ4n) is 2.78. The highest BCUT2D eigenvalue weighted by Crippen LogP contribution is 2.20. The van der Waals surface area contributed by atoms with E-state index in [1.54, 1.807) is 24.1 Å². The second-order valence-electron chi connectivity index (χ2n) is 6.41. The fraction of sp³-hybridized carbons (Fsp3) is 0.238. The van der Waals surface area contributed by atoms with Crippen LogP contribution in [0.2, 0.25) is 5.02 Å². The van der Waals surface area contributed by atoms with Gasteiger partial charge in [-0.25, -0.2) is 0 Å². The number of rotatable bonds is 6. The molecule has 0 fully saturated rings. The van der Waals surface area contributed by atoms with Gasteiger partial charge in [-0.3, -0.25) is 4.79 Å². The first-order valence-electron chi connectivity index (χ1n) is 8.58. The van der Waals surface area contributed by atoms with Gasteiger partial charge in [0.15, 0.2) is 0 Å². The second-order valence-corrected chi connectivity index (χ2v) is 6.85. The van der Waals surface area contributed by atoms with Gasteiger partial charge in [-0.15, -0.1) is 0 Å². The van der Waals surface area contributed by atoms with Crippen molar-refractivity contribution in [1.82, 2.24) is 10.1 Å². The molecule has 0 atom stereocenters. The Kier molecular flexibility index (Phi) is 5.81. The number of carbonyl (C=O) groups is 1. The van der Waals surface area contributed by atoms with Gasteiger partial charge in [0.25, 0.3) is 5.91 Å². The average molecular weight is 385 g/mol. The maximum absolute atomic E-state index is 12.7. The maximum atomic E-state index is 12.7. The fourth-order valence-corrected chi connectivity index (χ4v) is 3.00. The van der Waals surface area contributed by atoms with Crippen molar-refractivity contribution >= 4 is 17.5 Å². The molecule has 27 heavy (non-hydrogen) atoms. The number of aryl methyl sites for hydroxylation is 2. The van der Waals surface area contributed by atoms with E-state index in [2.05, 4.69) is 5.16 Å². The first-order valence-corrected chi connectivity index (χ1v) is 8.96. The van der Waals surface area contributed by atoms with Crippen LogP contribution in [-0.4, -0.2) is 23.0 Å². The van der Waals surface area contributed by atoms with Gasteiger partial charge in [-0.05, 0) is 49.7 Å². The third-order valence-electron chi connectivity index (χ3n) is 4.30. The third kappa shape index (κ3) is 4.68. The SMILES string of the molecule is Cc1noc(C)c1COc1cccc(C(=O)N(C)Cc2cccc(Cl)c2)c1.